The number of aryl methyl sites for hydroxylation is 1. The van der Waals surface area contributed by atoms with Gasteiger partial charge in [-0.15, -0.1) is 0 Å². The highest BCUT2D eigenvalue weighted by Crippen LogP contribution is 2.19. The van der Waals surface area contributed by atoms with E-state index in [1.54, 1.807) is 11.9 Å². The molecule has 0 aliphatic rings. The summed E-state index contributed by atoms with van der Waals surface area (Å²) in [5, 5.41) is 0.790. The third kappa shape index (κ3) is 3.31. The molecule has 0 saturated heterocycles. The van der Waals surface area contributed by atoms with Crippen molar-refractivity contribution in [3.8, 4) is 0 Å². The van der Waals surface area contributed by atoms with Crippen LogP contribution in [0.15, 0.2) is 22.7 Å². The molecule has 1 aromatic carbocycles. The highest BCUT2D eigenvalue weighted by molar-refractivity contribution is 9.10. The first kappa shape index (κ1) is 12.7. The Labute approximate surface area is 107 Å². The van der Waals surface area contributed by atoms with Crippen LogP contribution in [0.25, 0.3) is 0 Å². The zero-order valence-electron chi connectivity index (χ0n) is 8.76. The molecule has 0 aromatic heterocycles. The molecule has 0 bridgehead atoms. The third-order valence-corrected chi connectivity index (χ3v) is 3.13. The van der Waals surface area contributed by atoms with Gasteiger partial charge in [0.05, 0.1) is 5.56 Å². The van der Waals surface area contributed by atoms with Gasteiger partial charge in [-0.05, 0) is 40.5 Å². The SMILES string of the molecule is Cc1ccc(C(=O)N(C)CCBr)c(Br)c1. The standard InChI is InChI=1S/C11H13Br2NO/c1-8-3-4-9(10(13)7-8)11(15)14(2)6-5-12/h3-4,7H,5-6H2,1-2H3. The predicted molar refractivity (Wildman–Crippen MR) is 69.6 cm³/mol. The van der Waals surface area contributed by atoms with Crippen LogP contribution in [0, 0.1) is 6.92 Å². The van der Waals surface area contributed by atoms with Gasteiger partial charge < -0.3 is 4.90 Å². The summed E-state index contributed by atoms with van der Waals surface area (Å²) in [4.78, 5) is 13.6. The Bertz CT molecular complexity index is 366. The second kappa shape index (κ2) is 5.66. The first-order valence-electron chi connectivity index (χ1n) is 4.64. The van der Waals surface area contributed by atoms with Gasteiger partial charge in [0.25, 0.3) is 5.91 Å². The Morgan fingerprint density at radius 1 is 1.47 bits per heavy atom. The van der Waals surface area contributed by atoms with E-state index < -0.39 is 0 Å². The van der Waals surface area contributed by atoms with Gasteiger partial charge in [-0.1, -0.05) is 22.0 Å². The van der Waals surface area contributed by atoms with Gasteiger partial charge in [0.2, 0.25) is 0 Å². The summed E-state index contributed by atoms with van der Waals surface area (Å²) in [5.74, 6) is 0.0429. The Kier molecular flexibility index (Phi) is 4.80. The zero-order valence-corrected chi connectivity index (χ0v) is 11.9. The fourth-order valence-corrected chi connectivity index (χ4v) is 2.42. The first-order chi connectivity index (χ1) is 7.06. The lowest BCUT2D eigenvalue weighted by Crippen LogP contribution is -2.28. The van der Waals surface area contributed by atoms with Crippen LogP contribution in [-0.2, 0) is 0 Å². The number of nitrogens with zero attached hydrogens (tertiary/aromatic N) is 1. The van der Waals surface area contributed by atoms with Crippen LogP contribution in [0.3, 0.4) is 0 Å². The number of halogens is 2. The van der Waals surface area contributed by atoms with Crippen LogP contribution < -0.4 is 0 Å². The molecule has 0 atom stereocenters. The number of carbonyl (C=O) groups excluding carboxylic acids is 1. The fourth-order valence-electron chi connectivity index (χ4n) is 1.23. The zero-order chi connectivity index (χ0) is 11.4. The molecule has 0 saturated carbocycles. The van der Waals surface area contributed by atoms with Crippen molar-refractivity contribution in [2.75, 3.05) is 18.9 Å². The Hall–Kier alpha value is -0.350. The Morgan fingerprint density at radius 3 is 2.67 bits per heavy atom. The number of hydrogen-bond acceptors (Lipinski definition) is 1. The molecular weight excluding hydrogens is 322 g/mol. The van der Waals surface area contributed by atoms with Gasteiger partial charge in [-0.3, -0.25) is 4.79 Å². The summed E-state index contributed by atoms with van der Waals surface area (Å²) in [6.07, 6.45) is 0. The van der Waals surface area contributed by atoms with Gasteiger partial charge in [-0.2, -0.15) is 0 Å². The maximum absolute atomic E-state index is 11.9. The van der Waals surface area contributed by atoms with E-state index in [1.807, 2.05) is 25.1 Å². The number of hydrogen-bond donors (Lipinski definition) is 0. The first-order valence-corrected chi connectivity index (χ1v) is 6.55. The fraction of sp³-hybridized carbons (Fsp3) is 0.364. The summed E-state index contributed by atoms with van der Waals surface area (Å²) < 4.78 is 0.855. The van der Waals surface area contributed by atoms with Crippen molar-refractivity contribution in [1.82, 2.24) is 4.90 Å². The molecule has 0 fully saturated rings. The molecule has 2 nitrogen and oxygen atoms in total. The highest BCUT2D eigenvalue weighted by atomic mass is 79.9. The molecule has 4 heteroatoms. The summed E-state index contributed by atoms with van der Waals surface area (Å²) >= 11 is 6.72. The van der Waals surface area contributed by atoms with E-state index in [-0.39, 0.29) is 5.91 Å². The highest BCUT2D eigenvalue weighted by Gasteiger charge is 2.13. The minimum Gasteiger partial charge on any atom is -0.341 e. The van der Waals surface area contributed by atoms with Crippen molar-refractivity contribution in [3.63, 3.8) is 0 Å². The summed E-state index contributed by atoms with van der Waals surface area (Å²) in [6.45, 7) is 2.71. The lowest BCUT2D eigenvalue weighted by molar-refractivity contribution is 0.0803. The van der Waals surface area contributed by atoms with Crippen LogP contribution in [0.5, 0.6) is 0 Å². The summed E-state index contributed by atoms with van der Waals surface area (Å²) in [7, 11) is 1.80. The van der Waals surface area contributed by atoms with Crippen molar-refractivity contribution >= 4 is 37.8 Å². The van der Waals surface area contributed by atoms with Crippen molar-refractivity contribution < 1.29 is 4.79 Å². The molecule has 82 valence electrons. The van der Waals surface area contributed by atoms with E-state index in [4.69, 9.17) is 0 Å². The maximum atomic E-state index is 11.9. The summed E-state index contributed by atoms with van der Waals surface area (Å²) in [6, 6.07) is 5.75. The average Bonchev–Trinajstić information content (AvgIpc) is 2.17. The number of amides is 1. The van der Waals surface area contributed by atoms with Crippen LogP contribution in [0.1, 0.15) is 15.9 Å². The van der Waals surface area contributed by atoms with Gasteiger partial charge in [0.15, 0.2) is 0 Å². The molecule has 0 aliphatic carbocycles. The lowest BCUT2D eigenvalue weighted by Gasteiger charge is -2.16. The van der Waals surface area contributed by atoms with Gasteiger partial charge in [0, 0.05) is 23.4 Å². The van der Waals surface area contributed by atoms with E-state index >= 15 is 0 Å². The second-order valence-electron chi connectivity index (χ2n) is 3.40. The minimum absolute atomic E-state index is 0.0429. The van der Waals surface area contributed by atoms with E-state index in [2.05, 4.69) is 31.9 Å². The molecule has 1 rings (SSSR count). The molecule has 1 aromatic rings. The largest absolute Gasteiger partial charge is 0.341 e. The average molecular weight is 335 g/mol. The van der Waals surface area contributed by atoms with E-state index in [9.17, 15) is 4.79 Å². The minimum atomic E-state index is 0.0429. The molecule has 0 radical (unpaired) electrons. The molecule has 0 unspecified atom stereocenters. The molecular formula is C11H13Br2NO. The predicted octanol–water partition coefficient (Wildman–Crippen LogP) is 3.22. The van der Waals surface area contributed by atoms with E-state index in [1.165, 1.54) is 0 Å². The monoisotopic (exact) mass is 333 g/mol. The van der Waals surface area contributed by atoms with Crippen LogP contribution in [0.2, 0.25) is 0 Å². The van der Waals surface area contributed by atoms with Crippen molar-refractivity contribution in [3.05, 3.63) is 33.8 Å². The number of rotatable bonds is 3. The summed E-state index contributed by atoms with van der Waals surface area (Å²) in [5.41, 5.74) is 1.85. The maximum Gasteiger partial charge on any atom is 0.254 e. The number of carbonyl (C=O) groups is 1. The molecule has 0 heterocycles. The smallest absolute Gasteiger partial charge is 0.254 e. The van der Waals surface area contributed by atoms with Crippen LogP contribution in [0.4, 0.5) is 0 Å². The molecule has 0 aliphatic heterocycles. The van der Waals surface area contributed by atoms with Crippen LogP contribution in [-0.4, -0.2) is 29.7 Å². The van der Waals surface area contributed by atoms with Crippen molar-refractivity contribution in [2.24, 2.45) is 0 Å². The van der Waals surface area contributed by atoms with Gasteiger partial charge >= 0.3 is 0 Å². The van der Waals surface area contributed by atoms with Gasteiger partial charge in [-0.25, -0.2) is 0 Å². The number of benzene rings is 1. The Balaban J connectivity index is 2.91. The van der Waals surface area contributed by atoms with E-state index in [0.717, 1.165) is 15.4 Å². The third-order valence-electron chi connectivity index (χ3n) is 2.12. The number of alkyl halides is 1. The van der Waals surface area contributed by atoms with Crippen molar-refractivity contribution in [2.45, 2.75) is 6.92 Å². The van der Waals surface area contributed by atoms with Crippen molar-refractivity contribution in [1.29, 1.82) is 0 Å². The van der Waals surface area contributed by atoms with Gasteiger partial charge in [0.1, 0.15) is 0 Å². The molecule has 15 heavy (non-hydrogen) atoms. The Morgan fingerprint density at radius 2 is 2.13 bits per heavy atom. The normalized spacial score (nSPS) is 10.1. The molecule has 0 N–H and O–H groups in total. The quantitative estimate of drug-likeness (QED) is 0.777. The molecule has 1 amide bonds. The molecule has 0 spiro atoms. The topological polar surface area (TPSA) is 20.3 Å². The van der Waals surface area contributed by atoms with E-state index in [0.29, 0.717) is 12.1 Å². The van der Waals surface area contributed by atoms with Crippen LogP contribution >= 0.6 is 31.9 Å². The second-order valence-corrected chi connectivity index (χ2v) is 5.05. The lowest BCUT2D eigenvalue weighted by atomic mass is 10.1.